The highest BCUT2D eigenvalue weighted by Gasteiger charge is 2.34. The minimum atomic E-state index is -0.364. The van der Waals surface area contributed by atoms with Gasteiger partial charge in [-0.25, -0.2) is 0 Å². The summed E-state index contributed by atoms with van der Waals surface area (Å²) in [6.45, 7) is 4.90. The number of rotatable bonds is 9. The van der Waals surface area contributed by atoms with Crippen LogP contribution in [0.3, 0.4) is 0 Å². The van der Waals surface area contributed by atoms with Gasteiger partial charge in [-0.2, -0.15) is 5.26 Å². The van der Waals surface area contributed by atoms with Crippen molar-refractivity contribution in [1.29, 1.82) is 5.26 Å². The molecule has 0 radical (unpaired) electrons. The number of nitriles is 1. The van der Waals surface area contributed by atoms with Crippen LogP contribution in [0.4, 0.5) is 0 Å². The first kappa shape index (κ1) is 15.9. The summed E-state index contributed by atoms with van der Waals surface area (Å²) in [7, 11) is 0. The molecule has 0 bridgehead atoms. The van der Waals surface area contributed by atoms with Crippen LogP contribution in [-0.2, 0) is 6.42 Å². The average Bonchev–Trinajstić information content (AvgIpc) is 3.35. The van der Waals surface area contributed by atoms with Gasteiger partial charge in [0.25, 0.3) is 0 Å². The Hall–Kier alpha value is -1.53. The van der Waals surface area contributed by atoms with E-state index in [9.17, 15) is 5.26 Å². The van der Waals surface area contributed by atoms with Gasteiger partial charge in [0.15, 0.2) is 0 Å². The first-order chi connectivity index (χ1) is 10.2. The molecule has 0 aliphatic heterocycles. The van der Waals surface area contributed by atoms with Gasteiger partial charge in [0.1, 0.15) is 11.3 Å². The number of nitrogens with one attached hydrogen (secondary N) is 1. The van der Waals surface area contributed by atoms with Crippen LogP contribution in [0.1, 0.15) is 51.5 Å². The maximum absolute atomic E-state index is 9.47. The van der Waals surface area contributed by atoms with Crippen molar-refractivity contribution in [2.45, 2.75) is 64.0 Å². The standard InChI is InChI=1S/C18H26N2O/c1-3-15-6-10-17(11-7-15)21-13-5-12-18(4-2,14-19)20-16-8-9-16/h6-7,10-11,16,20H,3-5,8-9,12-13H2,1-2H3. The predicted octanol–water partition coefficient (Wildman–Crippen LogP) is 3.83. The zero-order valence-electron chi connectivity index (χ0n) is 13.2. The Labute approximate surface area is 128 Å². The van der Waals surface area contributed by atoms with Gasteiger partial charge in [-0.3, -0.25) is 5.32 Å². The second kappa shape index (κ2) is 7.47. The van der Waals surface area contributed by atoms with Gasteiger partial charge in [-0.05, 0) is 56.2 Å². The Kier molecular flexibility index (Phi) is 5.64. The zero-order chi connectivity index (χ0) is 15.1. The molecule has 0 amide bonds. The second-order valence-corrected chi connectivity index (χ2v) is 5.92. The third kappa shape index (κ3) is 4.75. The van der Waals surface area contributed by atoms with Crippen molar-refractivity contribution >= 4 is 0 Å². The normalized spacial score (nSPS) is 17.0. The van der Waals surface area contributed by atoms with Crippen LogP contribution in [-0.4, -0.2) is 18.2 Å². The molecule has 21 heavy (non-hydrogen) atoms. The van der Waals surface area contributed by atoms with Crippen LogP contribution in [0.15, 0.2) is 24.3 Å². The highest BCUT2D eigenvalue weighted by Crippen LogP contribution is 2.26. The molecule has 114 valence electrons. The van der Waals surface area contributed by atoms with Gasteiger partial charge < -0.3 is 4.74 Å². The number of benzene rings is 1. The summed E-state index contributed by atoms with van der Waals surface area (Å²) < 4.78 is 5.77. The van der Waals surface area contributed by atoms with Crippen LogP contribution in [0.25, 0.3) is 0 Å². The van der Waals surface area contributed by atoms with E-state index in [1.165, 1.54) is 18.4 Å². The molecule has 0 aromatic heterocycles. The summed E-state index contributed by atoms with van der Waals surface area (Å²) >= 11 is 0. The molecule has 3 nitrogen and oxygen atoms in total. The zero-order valence-corrected chi connectivity index (χ0v) is 13.2. The maximum Gasteiger partial charge on any atom is 0.119 e. The molecule has 1 atom stereocenters. The topological polar surface area (TPSA) is 45.0 Å². The summed E-state index contributed by atoms with van der Waals surface area (Å²) in [5, 5.41) is 13.0. The highest BCUT2D eigenvalue weighted by molar-refractivity contribution is 5.27. The van der Waals surface area contributed by atoms with Crippen molar-refractivity contribution in [3.8, 4) is 11.8 Å². The van der Waals surface area contributed by atoms with E-state index >= 15 is 0 Å². The largest absolute Gasteiger partial charge is 0.494 e. The lowest BCUT2D eigenvalue weighted by Gasteiger charge is -2.26. The molecule has 1 N–H and O–H groups in total. The predicted molar refractivity (Wildman–Crippen MR) is 85.3 cm³/mol. The van der Waals surface area contributed by atoms with Crippen molar-refractivity contribution in [2.75, 3.05) is 6.61 Å². The lowest BCUT2D eigenvalue weighted by molar-refractivity contribution is 0.275. The molecular formula is C18H26N2O. The van der Waals surface area contributed by atoms with Crippen LogP contribution >= 0.6 is 0 Å². The summed E-state index contributed by atoms with van der Waals surface area (Å²) in [6, 6.07) is 11.3. The molecular weight excluding hydrogens is 260 g/mol. The van der Waals surface area contributed by atoms with Crippen molar-refractivity contribution < 1.29 is 4.74 Å². The van der Waals surface area contributed by atoms with E-state index in [1.54, 1.807) is 0 Å². The molecule has 0 heterocycles. The van der Waals surface area contributed by atoms with Crippen molar-refractivity contribution in [3.63, 3.8) is 0 Å². The fourth-order valence-corrected chi connectivity index (χ4v) is 2.52. The quantitative estimate of drug-likeness (QED) is 0.702. The Morgan fingerprint density at radius 2 is 2.00 bits per heavy atom. The van der Waals surface area contributed by atoms with Gasteiger partial charge in [0.05, 0.1) is 12.7 Å². The first-order valence-corrected chi connectivity index (χ1v) is 8.12. The van der Waals surface area contributed by atoms with E-state index in [1.807, 2.05) is 12.1 Å². The van der Waals surface area contributed by atoms with Crippen molar-refractivity contribution in [3.05, 3.63) is 29.8 Å². The monoisotopic (exact) mass is 286 g/mol. The smallest absolute Gasteiger partial charge is 0.119 e. The molecule has 2 rings (SSSR count). The lowest BCUT2D eigenvalue weighted by atomic mass is 9.92. The highest BCUT2D eigenvalue weighted by atomic mass is 16.5. The van der Waals surface area contributed by atoms with Crippen LogP contribution < -0.4 is 10.1 Å². The van der Waals surface area contributed by atoms with Crippen molar-refractivity contribution in [1.82, 2.24) is 5.32 Å². The fraction of sp³-hybridized carbons (Fsp3) is 0.611. The molecule has 1 aromatic carbocycles. The molecule has 3 heteroatoms. The average molecular weight is 286 g/mol. The third-order valence-corrected chi connectivity index (χ3v) is 4.22. The third-order valence-electron chi connectivity index (χ3n) is 4.22. The molecule has 1 saturated carbocycles. The number of nitrogens with zero attached hydrogens (tertiary/aromatic N) is 1. The second-order valence-electron chi connectivity index (χ2n) is 5.92. The molecule has 1 aliphatic carbocycles. The maximum atomic E-state index is 9.47. The number of aryl methyl sites for hydroxylation is 1. The van der Waals surface area contributed by atoms with Crippen LogP contribution in [0, 0.1) is 11.3 Å². The summed E-state index contributed by atoms with van der Waals surface area (Å²) in [5.41, 5.74) is 0.960. The summed E-state index contributed by atoms with van der Waals surface area (Å²) in [6.07, 6.45) is 6.08. The minimum absolute atomic E-state index is 0.364. The summed E-state index contributed by atoms with van der Waals surface area (Å²) in [4.78, 5) is 0. The molecule has 1 unspecified atom stereocenters. The Bertz CT molecular complexity index is 473. The number of hydrogen-bond donors (Lipinski definition) is 1. The summed E-state index contributed by atoms with van der Waals surface area (Å²) in [5.74, 6) is 0.918. The van der Waals surface area contributed by atoms with Gasteiger partial charge in [0, 0.05) is 6.04 Å². The SMILES string of the molecule is CCc1ccc(OCCCC(C#N)(CC)NC2CC2)cc1. The minimum Gasteiger partial charge on any atom is -0.494 e. The molecule has 1 aliphatic rings. The Balaban J connectivity index is 1.75. The van der Waals surface area contributed by atoms with E-state index in [2.05, 4.69) is 37.4 Å². The molecule has 1 aromatic rings. The van der Waals surface area contributed by atoms with E-state index in [0.29, 0.717) is 12.6 Å². The molecule has 0 spiro atoms. The van der Waals surface area contributed by atoms with Gasteiger partial charge >= 0.3 is 0 Å². The van der Waals surface area contributed by atoms with E-state index in [0.717, 1.165) is 31.4 Å². The van der Waals surface area contributed by atoms with Gasteiger partial charge in [0.2, 0.25) is 0 Å². The van der Waals surface area contributed by atoms with Gasteiger partial charge in [-0.15, -0.1) is 0 Å². The Morgan fingerprint density at radius 3 is 2.52 bits per heavy atom. The van der Waals surface area contributed by atoms with Crippen LogP contribution in [0.5, 0.6) is 5.75 Å². The first-order valence-electron chi connectivity index (χ1n) is 8.12. The number of ether oxygens (including phenoxy) is 1. The van der Waals surface area contributed by atoms with Crippen LogP contribution in [0.2, 0.25) is 0 Å². The van der Waals surface area contributed by atoms with E-state index < -0.39 is 0 Å². The molecule has 0 saturated heterocycles. The Morgan fingerprint density at radius 1 is 1.29 bits per heavy atom. The van der Waals surface area contributed by atoms with E-state index in [-0.39, 0.29) is 5.54 Å². The fourth-order valence-electron chi connectivity index (χ4n) is 2.52. The lowest BCUT2D eigenvalue weighted by Crippen LogP contribution is -2.44. The van der Waals surface area contributed by atoms with Gasteiger partial charge in [-0.1, -0.05) is 26.0 Å². The molecule has 1 fully saturated rings. The van der Waals surface area contributed by atoms with Crippen molar-refractivity contribution in [2.24, 2.45) is 0 Å². The number of hydrogen-bond acceptors (Lipinski definition) is 3. The van der Waals surface area contributed by atoms with E-state index in [4.69, 9.17) is 4.74 Å².